The fourth-order valence-electron chi connectivity index (χ4n) is 4.44. The van der Waals surface area contributed by atoms with E-state index in [1.165, 1.54) is 5.56 Å². The summed E-state index contributed by atoms with van der Waals surface area (Å²) in [7, 11) is 0. The van der Waals surface area contributed by atoms with E-state index in [0.717, 1.165) is 24.2 Å². The highest BCUT2D eigenvalue weighted by Gasteiger charge is 2.26. The Kier molecular flexibility index (Phi) is 8.60. The summed E-state index contributed by atoms with van der Waals surface area (Å²) in [5, 5.41) is 3.73. The van der Waals surface area contributed by atoms with Crippen molar-refractivity contribution in [3.8, 4) is 0 Å². The average Bonchev–Trinajstić information content (AvgIpc) is 2.92. The number of nitrogens with zero attached hydrogens (tertiary/aromatic N) is 3. The number of pyridine rings is 1. The smallest absolute Gasteiger partial charge is 0.253 e. The molecule has 2 unspecified atom stereocenters. The van der Waals surface area contributed by atoms with E-state index in [0.29, 0.717) is 36.8 Å². The van der Waals surface area contributed by atoms with Gasteiger partial charge in [0.2, 0.25) is 5.91 Å². The summed E-state index contributed by atoms with van der Waals surface area (Å²) >= 11 is 5.97. The number of benzene rings is 2. The van der Waals surface area contributed by atoms with Gasteiger partial charge in [-0.1, -0.05) is 54.1 Å². The van der Waals surface area contributed by atoms with Crippen LogP contribution in [0.2, 0.25) is 5.02 Å². The molecule has 3 aromatic rings. The van der Waals surface area contributed by atoms with Crippen LogP contribution in [0.15, 0.2) is 72.9 Å². The fourth-order valence-corrected chi connectivity index (χ4v) is 4.56. The molecule has 1 N–H and O–H groups in total. The maximum atomic E-state index is 13.0. The lowest BCUT2D eigenvalue weighted by molar-refractivity contribution is -0.132. The van der Waals surface area contributed by atoms with E-state index in [9.17, 15) is 9.59 Å². The first kappa shape index (κ1) is 25.7. The predicted molar refractivity (Wildman–Crippen MR) is 145 cm³/mol. The second-order valence-corrected chi connectivity index (χ2v) is 9.83. The maximum Gasteiger partial charge on any atom is 0.253 e. The first-order valence-electron chi connectivity index (χ1n) is 12.5. The molecule has 4 rings (SSSR count). The van der Waals surface area contributed by atoms with Gasteiger partial charge in [0.1, 0.15) is 5.82 Å². The van der Waals surface area contributed by atoms with Crippen LogP contribution in [0.4, 0.5) is 5.82 Å². The first-order chi connectivity index (χ1) is 17.4. The summed E-state index contributed by atoms with van der Waals surface area (Å²) in [6.45, 7) is 6.64. The van der Waals surface area contributed by atoms with Crippen LogP contribution < -0.4 is 10.2 Å². The number of anilines is 1. The molecular weight excluding hydrogens is 472 g/mol. The van der Waals surface area contributed by atoms with E-state index >= 15 is 0 Å². The lowest BCUT2D eigenvalue weighted by Gasteiger charge is -2.36. The van der Waals surface area contributed by atoms with Gasteiger partial charge >= 0.3 is 0 Å². The van der Waals surface area contributed by atoms with Crippen molar-refractivity contribution in [1.29, 1.82) is 0 Å². The Labute approximate surface area is 218 Å². The van der Waals surface area contributed by atoms with Crippen molar-refractivity contribution in [3.63, 3.8) is 0 Å². The van der Waals surface area contributed by atoms with Crippen molar-refractivity contribution in [2.45, 2.75) is 38.6 Å². The summed E-state index contributed by atoms with van der Waals surface area (Å²) in [6.07, 6.45) is 3.43. The summed E-state index contributed by atoms with van der Waals surface area (Å²) in [6, 6.07) is 21.5. The van der Waals surface area contributed by atoms with Gasteiger partial charge in [-0.15, -0.1) is 0 Å². The van der Waals surface area contributed by atoms with Crippen LogP contribution in [0.25, 0.3) is 0 Å². The number of aromatic nitrogens is 1. The molecule has 0 aliphatic carbocycles. The highest BCUT2D eigenvalue weighted by atomic mass is 35.5. The molecule has 36 heavy (non-hydrogen) atoms. The minimum Gasteiger partial charge on any atom is -0.353 e. The highest BCUT2D eigenvalue weighted by molar-refractivity contribution is 6.30. The number of halogens is 1. The van der Waals surface area contributed by atoms with Gasteiger partial charge in [0.25, 0.3) is 5.91 Å². The standard InChI is InChI=1S/C29H33ClN4O2/c1-21(8-9-23-6-4-3-5-7-23)32-28(35)25-12-15-27(31-20-25)33-16-18-34(19-17-33)29(36)22(2)24-10-13-26(30)14-11-24/h3-7,10-15,20-22H,8-9,16-19H2,1-2H3,(H,32,35). The molecule has 1 aliphatic rings. The van der Waals surface area contributed by atoms with Gasteiger partial charge in [-0.3, -0.25) is 9.59 Å². The van der Waals surface area contributed by atoms with Crippen LogP contribution in [0.5, 0.6) is 0 Å². The third-order valence-electron chi connectivity index (χ3n) is 6.75. The number of rotatable bonds is 8. The highest BCUT2D eigenvalue weighted by Crippen LogP contribution is 2.22. The second-order valence-electron chi connectivity index (χ2n) is 9.39. The van der Waals surface area contributed by atoms with Crippen molar-refractivity contribution < 1.29 is 9.59 Å². The number of aryl methyl sites for hydroxylation is 1. The average molecular weight is 505 g/mol. The van der Waals surface area contributed by atoms with Crippen LogP contribution in [-0.2, 0) is 11.2 Å². The third-order valence-corrected chi connectivity index (χ3v) is 7.00. The summed E-state index contributed by atoms with van der Waals surface area (Å²) < 4.78 is 0. The minimum absolute atomic E-state index is 0.0678. The quantitative estimate of drug-likeness (QED) is 0.472. The number of piperazine rings is 1. The Morgan fingerprint density at radius 1 is 0.944 bits per heavy atom. The van der Waals surface area contributed by atoms with Gasteiger partial charge in [-0.2, -0.15) is 0 Å². The molecule has 0 saturated carbocycles. The van der Waals surface area contributed by atoms with Crippen molar-refractivity contribution >= 4 is 29.2 Å². The minimum atomic E-state index is -0.208. The lowest BCUT2D eigenvalue weighted by atomic mass is 9.99. The fraction of sp³-hybridized carbons (Fsp3) is 0.345. The third kappa shape index (κ3) is 6.64. The van der Waals surface area contributed by atoms with Crippen molar-refractivity contribution in [2.75, 3.05) is 31.1 Å². The van der Waals surface area contributed by atoms with Crippen LogP contribution in [-0.4, -0.2) is 53.9 Å². The Bertz CT molecular complexity index is 1140. The van der Waals surface area contributed by atoms with Crippen LogP contribution in [0, 0.1) is 0 Å². The molecule has 2 amide bonds. The van der Waals surface area contributed by atoms with E-state index < -0.39 is 0 Å². The number of hydrogen-bond acceptors (Lipinski definition) is 4. The van der Waals surface area contributed by atoms with Gasteiger partial charge in [-0.25, -0.2) is 4.98 Å². The van der Waals surface area contributed by atoms with E-state index in [-0.39, 0.29) is 23.8 Å². The zero-order chi connectivity index (χ0) is 25.5. The molecule has 188 valence electrons. The van der Waals surface area contributed by atoms with Gasteiger partial charge in [0.15, 0.2) is 0 Å². The van der Waals surface area contributed by atoms with Crippen molar-refractivity contribution in [3.05, 3.63) is 94.6 Å². The van der Waals surface area contributed by atoms with E-state index in [1.807, 2.05) is 73.3 Å². The molecule has 0 radical (unpaired) electrons. The number of amides is 2. The summed E-state index contributed by atoms with van der Waals surface area (Å²) in [5.41, 5.74) is 2.79. The van der Waals surface area contributed by atoms with Crippen LogP contribution in [0.1, 0.15) is 47.7 Å². The molecule has 7 heteroatoms. The SMILES string of the molecule is CC(CCc1ccccc1)NC(=O)c1ccc(N2CCN(C(=O)C(C)c3ccc(Cl)cc3)CC2)nc1. The molecule has 1 fully saturated rings. The molecule has 1 saturated heterocycles. The molecule has 0 bridgehead atoms. The molecule has 2 atom stereocenters. The lowest BCUT2D eigenvalue weighted by Crippen LogP contribution is -2.50. The van der Waals surface area contributed by atoms with Gasteiger partial charge in [0, 0.05) is 43.4 Å². The maximum absolute atomic E-state index is 13.0. The Morgan fingerprint density at radius 3 is 2.28 bits per heavy atom. The molecule has 6 nitrogen and oxygen atoms in total. The molecule has 1 aliphatic heterocycles. The largest absolute Gasteiger partial charge is 0.353 e. The van der Waals surface area contributed by atoms with Gasteiger partial charge < -0.3 is 15.1 Å². The van der Waals surface area contributed by atoms with E-state index in [2.05, 4.69) is 27.3 Å². The Balaban J connectivity index is 1.25. The monoisotopic (exact) mass is 504 g/mol. The number of hydrogen-bond donors (Lipinski definition) is 1. The summed E-state index contributed by atoms with van der Waals surface area (Å²) in [5.74, 6) is 0.626. The molecular formula is C29H33ClN4O2. The number of carbonyl (C=O) groups is 2. The zero-order valence-electron chi connectivity index (χ0n) is 20.9. The predicted octanol–water partition coefficient (Wildman–Crippen LogP) is 4.94. The Morgan fingerprint density at radius 2 is 1.64 bits per heavy atom. The number of carbonyl (C=O) groups excluding carboxylic acids is 2. The normalized spacial score (nSPS) is 15.3. The Hall–Kier alpha value is -3.38. The molecule has 1 aromatic heterocycles. The topological polar surface area (TPSA) is 65.5 Å². The summed E-state index contributed by atoms with van der Waals surface area (Å²) in [4.78, 5) is 34.2. The van der Waals surface area contributed by atoms with Crippen molar-refractivity contribution in [1.82, 2.24) is 15.2 Å². The zero-order valence-corrected chi connectivity index (χ0v) is 21.6. The molecule has 2 heterocycles. The van der Waals surface area contributed by atoms with Gasteiger partial charge in [-0.05, 0) is 62.1 Å². The van der Waals surface area contributed by atoms with E-state index in [1.54, 1.807) is 6.20 Å². The van der Waals surface area contributed by atoms with Crippen LogP contribution >= 0.6 is 11.6 Å². The molecule has 2 aromatic carbocycles. The van der Waals surface area contributed by atoms with Crippen molar-refractivity contribution in [2.24, 2.45) is 0 Å². The van der Waals surface area contributed by atoms with Crippen LogP contribution in [0.3, 0.4) is 0 Å². The van der Waals surface area contributed by atoms with Gasteiger partial charge in [0.05, 0.1) is 11.5 Å². The van der Waals surface area contributed by atoms with E-state index in [4.69, 9.17) is 11.6 Å². The number of nitrogens with one attached hydrogen (secondary N) is 1. The first-order valence-corrected chi connectivity index (χ1v) is 12.9. The second kappa shape index (κ2) is 12.0. The molecule has 0 spiro atoms.